The predicted octanol–water partition coefficient (Wildman–Crippen LogP) is 2.45. The molecule has 1 saturated heterocycles. The fraction of sp³-hybridized carbons (Fsp3) is 0.450. The first-order valence-electron chi connectivity index (χ1n) is 9.42. The van der Waals surface area contributed by atoms with E-state index in [9.17, 15) is 9.59 Å². The molecule has 0 unspecified atom stereocenters. The van der Waals surface area contributed by atoms with Crippen molar-refractivity contribution in [3.05, 3.63) is 36.0 Å². The van der Waals surface area contributed by atoms with E-state index in [0.717, 1.165) is 17.0 Å². The van der Waals surface area contributed by atoms with Crippen molar-refractivity contribution < 1.29 is 19.1 Å². The third-order valence-electron chi connectivity index (χ3n) is 4.83. The van der Waals surface area contributed by atoms with Gasteiger partial charge in [0.2, 0.25) is 0 Å². The van der Waals surface area contributed by atoms with Crippen LogP contribution >= 0.6 is 0 Å². The first-order chi connectivity index (χ1) is 13.5. The Hall–Kier alpha value is -3.03. The third-order valence-corrected chi connectivity index (χ3v) is 4.83. The maximum atomic E-state index is 12.6. The number of hydrogen-bond acceptors (Lipinski definition) is 5. The predicted molar refractivity (Wildman–Crippen MR) is 104 cm³/mol. The summed E-state index contributed by atoms with van der Waals surface area (Å²) in [6.45, 7) is 3.30. The normalized spacial score (nSPS) is 14.6. The van der Waals surface area contributed by atoms with Gasteiger partial charge in [0, 0.05) is 31.7 Å². The first-order valence-corrected chi connectivity index (χ1v) is 9.42. The molecule has 8 heteroatoms. The number of ether oxygens (including phenoxy) is 2. The number of rotatable bonds is 5. The van der Waals surface area contributed by atoms with Crippen LogP contribution in [0.1, 0.15) is 30.3 Å². The van der Waals surface area contributed by atoms with Gasteiger partial charge >= 0.3 is 6.09 Å². The molecule has 0 aliphatic carbocycles. The smallest absolute Gasteiger partial charge is 0.409 e. The minimum Gasteiger partial charge on any atom is -0.497 e. The van der Waals surface area contributed by atoms with Crippen molar-refractivity contribution in [3.8, 4) is 17.0 Å². The largest absolute Gasteiger partial charge is 0.497 e. The summed E-state index contributed by atoms with van der Waals surface area (Å²) in [4.78, 5) is 26.1. The van der Waals surface area contributed by atoms with Gasteiger partial charge in [-0.25, -0.2) is 4.79 Å². The minimum atomic E-state index is -0.292. The first kappa shape index (κ1) is 19.7. The SMILES string of the molecule is CCOC(=O)N1CCC(NC(=O)c2cc(-c3cccc(OC)c3)n(C)n2)CC1. The van der Waals surface area contributed by atoms with Crippen LogP contribution in [0, 0.1) is 0 Å². The lowest BCUT2D eigenvalue weighted by Crippen LogP contribution is -2.46. The molecule has 2 heterocycles. The number of hydrogen-bond donors (Lipinski definition) is 1. The van der Waals surface area contributed by atoms with Crippen molar-refractivity contribution in [3.63, 3.8) is 0 Å². The van der Waals surface area contributed by atoms with Crippen molar-refractivity contribution in [1.29, 1.82) is 0 Å². The molecule has 1 aliphatic heterocycles. The van der Waals surface area contributed by atoms with Gasteiger partial charge in [0.05, 0.1) is 19.4 Å². The zero-order chi connectivity index (χ0) is 20.1. The molecule has 0 bridgehead atoms. The molecule has 0 saturated carbocycles. The average molecular weight is 386 g/mol. The molecule has 0 spiro atoms. The Balaban J connectivity index is 1.62. The van der Waals surface area contributed by atoms with E-state index in [1.54, 1.807) is 29.7 Å². The van der Waals surface area contributed by atoms with Crippen molar-refractivity contribution in [2.24, 2.45) is 7.05 Å². The molecule has 1 fully saturated rings. The lowest BCUT2D eigenvalue weighted by atomic mass is 10.1. The fourth-order valence-corrected chi connectivity index (χ4v) is 3.31. The van der Waals surface area contributed by atoms with Crippen LogP contribution in [0.4, 0.5) is 4.79 Å². The Morgan fingerprint density at radius 3 is 2.68 bits per heavy atom. The van der Waals surface area contributed by atoms with Crippen molar-refractivity contribution in [2.45, 2.75) is 25.8 Å². The maximum Gasteiger partial charge on any atom is 0.409 e. The number of nitrogens with zero attached hydrogens (tertiary/aromatic N) is 3. The molecule has 1 aromatic heterocycles. The average Bonchev–Trinajstić information content (AvgIpc) is 3.10. The van der Waals surface area contributed by atoms with E-state index in [-0.39, 0.29) is 18.0 Å². The number of aromatic nitrogens is 2. The lowest BCUT2D eigenvalue weighted by molar-refractivity contribution is 0.0856. The summed E-state index contributed by atoms with van der Waals surface area (Å²) < 4.78 is 12.0. The Morgan fingerprint density at radius 2 is 2.00 bits per heavy atom. The second-order valence-corrected chi connectivity index (χ2v) is 6.70. The van der Waals surface area contributed by atoms with Crippen LogP contribution in [-0.2, 0) is 11.8 Å². The second-order valence-electron chi connectivity index (χ2n) is 6.70. The molecule has 0 radical (unpaired) electrons. The maximum absolute atomic E-state index is 12.6. The highest BCUT2D eigenvalue weighted by Gasteiger charge is 2.25. The van der Waals surface area contributed by atoms with Crippen molar-refractivity contribution >= 4 is 12.0 Å². The zero-order valence-electron chi connectivity index (χ0n) is 16.5. The Morgan fingerprint density at radius 1 is 1.25 bits per heavy atom. The highest BCUT2D eigenvalue weighted by atomic mass is 16.6. The molecule has 1 aliphatic rings. The van der Waals surface area contributed by atoms with Gasteiger partial charge in [0.15, 0.2) is 5.69 Å². The standard InChI is InChI=1S/C20H26N4O4/c1-4-28-20(26)24-10-8-15(9-11-24)21-19(25)17-13-18(23(2)22-17)14-6-5-7-16(12-14)27-3/h5-7,12-13,15H,4,8-11H2,1-3H3,(H,21,25). The summed E-state index contributed by atoms with van der Waals surface area (Å²) in [7, 11) is 3.43. The molecule has 1 aromatic carbocycles. The number of likely N-dealkylation sites (tertiary alicyclic amines) is 1. The van der Waals surface area contributed by atoms with Gasteiger partial charge in [-0.3, -0.25) is 9.48 Å². The molecule has 1 N–H and O–H groups in total. The van der Waals surface area contributed by atoms with E-state index in [1.165, 1.54) is 0 Å². The van der Waals surface area contributed by atoms with Crippen LogP contribution in [-0.4, -0.2) is 59.5 Å². The van der Waals surface area contributed by atoms with E-state index in [1.807, 2.05) is 31.3 Å². The number of amides is 2. The van der Waals surface area contributed by atoms with Crippen LogP contribution in [0.15, 0.2) is 30.3 Å². The fourth-order valence-electron chi connectivity index (χ4n) is 3.31. The number of piperidine rings is 1. The molecule has 28 heavy (non-hydrogen) atoms. The van der Waals surface area contributed by atoms with E-state index in [4.69, 9.17) is 9.47 Å². The molecule has 2 aromatic rings. The molecule has 0 atom stereocenters. The second kappa shape index (κ2) is 8.77. The third kappa shape index (κ3) is 4.44. The van der Waals surface area contributed by atoms with Gasteiger partial charge in [-0.05, 0) is 38.0 Å². The summed E-state index contributed by atoms with van der Waals surface area (Å²) in [5.41, 5.74) is 2.13. The van der Waals surface area contributed by atoms with Gasteiger partial charge < -0.3 is 19.7 Å². The molecular weight excluding hydrogens is 360 g/mol. The molecule has 2 amide bonds. The highest BCUT2D eigenvalue weighted by molar-refractivity contribution is 5.93. The minimum absolute atomic E-state index is 0.0143. The van der Waals surface area contributed by atoms with Crippen LogP contribution in [0.2, 0.25) is 0 Å². The highest BCUT2D eigenvalue weighted by Crippen LogP contribution is 2.24. The van der Waals surface area contributed by atoms with Crippen LogP contribution < -0.4 is 10.1 Å². The number of methoxy groups -OCH3 is 1. The number of aryl methyl sites for hydroxylation is 1. The van der Waals surface area contributed by atoms with Crippen LogP contribution in [0.25, 0.3) is 11.3 Å². The topological polar surface area (TPSA) is 85.7 Å². The summed E-state index contributed by atoms with van der Waals surface area (Å²) in [6, 6.07) is 9.42. The van der Waals surface area contributed by atoms with E-state index < -0.39 is 0 Å². The quantitative estimate of drug-likeness (QED) is 0.853. The Kier molecular flexibility index (Phi) is 6.18. The van der Waals surface area contributed by atoms with E-state index in [0.29, 0.717) is 38.2 Å². The Bertz CT molecular complexity index is 840. The van der Waals surface area contributed by atoms with E-state index in [2.05, 4.69) is 10.4 Å². The Labute approximate surface area is 164 Å². The van der Waals surface area contributed by atoms with Crippen molar-refractivity contribution in [1.82, 2.24) is 20.0 Å². The molecule has 3 rings (SSSR count). The lowest BCUT2D eigenvalue weighted by Gasteiger charge is -2.31. The summed E-state index contributed by atoms with van der Waals surface area (Å²) in [5, 5.41) is 7.38. The van der Waals surface area contributed by atoms with Gasteiger partial charge in [0.25, 0.3) is 5.91 Å². The monoisotopic (exact) mass is 386 g/mol. The molecular formula is C20H26N4O4. The number of nitrogens with one attached hydrogen (secondary N) is 1. The van der Waals surface area contributed by atoms with Gasteiger partial charge in [-0.1, -0.05) is 12.1 Å². The van der Waals surface area contributed by atoms with Crippen LogP contribution in [0.3, 0.4) is 0 Å². The number of carbonyl (C=O) groups is 2. The summed E-state index contributed by atoms with van der Waals surface area (Å²) in [5.74, 6) is 0.539. The number of carbonyl (C=O) groups excluding carboxylic acids is 2. The van der Waals surface area contributed by atoms with Crippen LogP contribution in [0.5, 0.6) is 5.75 Å². The molecule has 150 valence electrons. The summed E-state index contributed by atoms with van der Waals surface area (Å²) >= 11 is 0. The number of benzene rings is 1. The van der Waals surface area contributed by atoms with E-state index >= 15 is 0 Å². The van der Waals surface area contributed by atoms with Crippen molar-refractivity contribution in [2.75, 3.05) is 26.8 Å². The van der Waals surface area contributed by atoms with Gasteiger partial charge in [-0.15, -0.1) is 0 Å². The molecule has 8 nitrogen and oxygen atoms in total. The zero-order valence-corrected chi connectivity index (χ0v) is 16.5. The van der Waals surface area contributed by atoms with Gasteiger partial charge in [-0.2, -0.15) is 5.10 Å². The van der Waals surface area contributed by atoms with Gasteiger partial charge in [0.1, 0.15) is 5.75 Å². The summed E-state index contributed by atoms with van der Waals surface area (Å²) in [6.07, 6.45) is 1.10.